The summed E-state index contributed by atoms with van der Waals surface area (Å²) in [4.78, 5) is 47.5. The summed E-state index contributed by atoms with van der Waals surface area (Å²) < 4.78 is 23.4. The fourth-order valence-corrected chi connectivity index (χ4v) is 6.14. The van der Waals surface area contributed by atoms with Gasteiger partial charge in [-0.2, -0.15) is 0 Å². The number of allylic oxidation sites excluding steroid dienone is 2. The average Bonchev–Trinajstić information content (AvgIpc) is 3.75. The molecule has 3 aliphatic heterocycles. The van der Waals surface area contributed by atoms with Crippen molar-refractivity contribution in [3.8, 4) is 0 Å². The molecule has 0 saturated carbocycles. The zero-order valence-electron chi connectivity index (χ0n) is 28.0. The first kappa shape index (κ1) is 36.0. The van der Waals surface area contributed by atoms with Crippen LogP contribution in [0.1, 0.15) is 82.6 Å². The molecule has 1 spiro atoms. The lowest BCUT2D eigenvalue weighted by Gasteiger charge is -2.39. The first-order valence-electron chi connectivity index (χ1n) is 16.4. The molecule has 3 heterocycles. The summed E-state index contributed by atoms with van der Waals surface area (Å²) >= 11 is 0. The second-order valence-corrected chi connectivity index (χ2v) is 13.1. The zero-order chi connectivity index (χ0) is 34.1. The van der Waals surface area contributed by atoms with Gasteiger partial charge in [0.1, 0.15) is 6.10 Å². The Balaban J connectivity index is 1.22. The number of benzene rings is 1. The van der Waals surface area contributed by atoms with Crippen molar-refractivity contribution in [1.29, 1.82) is 0 Å². The van der Waals surface area contributed by atoms with E-state index < -0.39 is 18.0 Å². The normalized spacial score (nSPS) is 29.9. The molecule has 3 amide bonds. The van der Waals surface area contributed by atoms with Gasteiger partial charge in [-0.3, -0.25) is 19.2 Å². The Morgan fingerprint density at radius 1 is 1.09 bits per heavy atom. The molecule has 4 rings (SSSR count). The summed E-state index contributed by atoms with van der Waals surface area (Å²) in [6.07, 6.45) is 11.4. The van der Waals surface area contributed by atoms with E-state index in [-0.39, 0.29) is 60.2 Å². The quantitative estimate of drug-likeness (QED) is 0.126. The summed E-state index contributed by atoms with van der Waals surface area (Å²) in [6, 6.07) is 6.73. The van der Waals surface area contributed by atoms with Gasteiger partial charge in [0.2, 0.25) is 17.7 Å². The van der Waals surface area contributed by atoms with Crippen LogP contribution in [-0.2, 0) is 39.9 Å². The largest absolute Gasteiger partial charge is 0.459 e. The molecule has 0 bridgehead atoms. The van der Waals surface area contributed by atoms with Crippen molar-refractivity contribution in [3.05, 3.63) is 71.3 Å². The summed E-state index contributed by atoms with van der Waals surface area (Å²) in [5.74, 6) is -0.983. The Morgan fingerprint density at radius 2 is 1.81 bits per heavy atom. The van der Waals surface area contributed by atoms with Gasteiger partial charge in [-0.15, -0.1) is 0 Å². The van der Waals surface area contributed by atoms with Crippen molar-refractivity contribution in [3.63, 3.8) is 0 Å². The fourth-order valence-electron chi connectivity index (χ4n) is 6.14. The highest BCUT2D eigenvalue weighted by Crippen LogP contribution is 2.43. The van der Waals surface area contributed by atoms with Gasteiger partial charge in [0, 0.05) is 37.9 Å². The number of amides is 3. The monoisotopic (exact) mass is 651 g/mol. The van der Waals surface area contributed by atoms with Crippen LogP contribution in [0.5, 0.6) is 0 Å². The minimum Gasteiger partial charge on any atom is -0.459 e. The number of epoxide rings is 1. The summed E-state index contributed by atoms with van der Waals surface area (Å²) in [5, 5.41) is 5.95. The van der Waals surface area contributed by atoms with Crippen molar-refractivity contribution in [2.75, 3.05) is 6.61 Å². The van der Waals surface area contributed by atoms with Gasteiger partial charge >= 0.3 is 5.97 Å². The van der Waals surface area contributed by atoms with Gasteiger partial charge < -0.3 is 35.3 Å². The molecule has 0 radical (unpaired) electrons. The number of carbonyl (C=O) groups is 4. The third-order valence-electron chi connectivity index (χ3n) is 8.89. The molecule has 0 aliphatic carbocycles. The van der Waals surface area contributed by atoms with Crippen LogP contribution in [0.4, 0.5) is 0 Å². The fraction of sp³-hybridized carbons (Fsp3) is 0.556. The maximum Gasteiger partial charge on any atom is 0.303 e. The van der Waals surface area contributed by atoms with Gasteiger partial charge in [-0.1, -0.05) is 42.9 Å². The number of esters is 1. The third kappa shape index (κ3) is 11.4. The number of nitrogens with one attached hydrogen (secondary N) is 2. The van der Waals surface area contributed by atoms with Crippen LogP contribution in [0.25, 0.3) is 0 Å². The van der Waals surface area contributed by atoms with Crippen molar-refractivity contribution in [1.82, 2.24) is 10.6 Å². The van der Waals surface area contributed by atoms with Crippen LogP contribution < -0.4 is 16.4 Å². The molecule has 11 nitrogen and oxygen atoms in total. The van der Waals surface area contributed by atoms with E-state index in [9.17, 15) is 19.2 Å². The first-order chi connectivity index (χ1) is 22.3. The van der Waals surface area contributed by atoms with E-state index in [1.807, 2.05) is 13.8 Å². The second-order valence-electron chi connectivity index (χ2n) is 13.1. The number of nitrogens with two attached hydrogens (primary N) is 1. The highest BCUT2D eigenvalue weighted by atomic mass is 16.6. The van der Waals surface area contributed by atoms with Crippen LogP contribution >= 0.6 is 0 Å². The molecule has 11 heteroatoms. The number of hydrogen-bond donors (Lipinski definition) is 3. The highest BCUT2D eigenvalue weighted by molar-refractivity contribution is 5.92. The standard InChI is InChI=1S/C36H49N3O8/c1-22(7-14-32-23(2)16-31(25(4)46-32)39-33(41)15-8-24(3)45-26(5)40)6-13-29-18-36(21-44-36)19-30(47-29)17-34(42)38-20-27-9-11-28(12-10-27)35(37)43/h6-13,15,23-25,29-32H,14,16-21H2,1-5H3,(H2,37,43)(H,38,42)(H,39,41)/b13-6+,15-8-,22-7+/t23-,24-,25+,29+,30+,31+,32-,36+/m0/s1. The number of hydrogen-bond acceptors (Lipinski definition) is 8. The molecule has 3 aliphatic rings. The molecule has 8 atom stereocenters. The molecule has 3 fully saturated rings. The lowest BCUT2D eigenvalue weighted by atomic mass is 9.88. The molecule has 3 saturated heterocycles. The van der Waals surface area contributed by atoms with Gasteiger partial charge in [0.25, 0.3) is 0 Å². The molecule has 1 aromatic carbocycles. The van der Waals surface area contributed by atoms with E-state index in [2.05, 4.69) is 35.8 Å². The van der Waals surface area contributed by atoms with Crippen molar-refractivity contribution >= 4 is 23.7 Å². The topological polar surface area (TPSA) is 159 Å². The first-order valence-corrected chi connectivity index (χ1v) is 16.4. The van der Waals surface area contributed by atoms with Crippen LogP contribution in [0, 0.1) is 5.92 Å². The van der Waals surface area contributed by atoms with Crippen LogP contribution in [0.2, 0.25) is 0 Å². The lowest BCUT2D eigenvalue weighted by Crippen LogP contribution is -2.50. The Bertz CT molecular complexity index is 1370. The molecule has 4 N–H and O–H groups in total. The number of carbonyl (C=O) groups excluding carboxylic acids is 4. The average molecular weight is 652 g/mol. The summed E-state index contributed by atoms with van der Waals surface area (Å²) in [5.41, 5.74) is 7.47. The minimum atomic E-state index is -0.486. The van der Waals surface area contributed by atoms with Crippen molar-refractivity contribution < 1.29 is 38.1 Å². The number of primary amides is 1. The van der Waals surface area contributed by atoms with E-state index in [4.69, 9.17) is 24.7 Å². The molecule has 1 aromatic rings. The third-order valence-corrected chi connectivity index (χ3v) is 8.89. The smallest absolute Gasteiger partial charge is 0.303 e. The Hall–Kier alpha value is -3.80. The molecule has 47 heavy (non-hydrogen) atoms. The van der Waals surface area contributed by atoms with Gasteiger partial charge in [0.15, 0.2) is 0 Å². The highest BCUT2D eigenvalue weighted by Gasteiger charge is 2.51. The van der Waals surface area contributed by atoms with E-state index in [0.717, 1.165) is 30.4 Å². The number of rotatable bonds is 13. The lowest BCUT2D eigenvalue weighted by molar-refractivity contribution is -0.143. The van der Waals surface area contributed by atoms with E-state index in [0.29, 0.717) is 25.1 Å². The molecule has 256 valence electrons. The van der Waals surface area contributed by atoms with E-state index >= 15 is 0 Å². The van der Waals surface area contributed by atoms with Crippen LogP contribution in [0.3, 0.4) is 0 Å². The molecule has 0 unspecified atom stereocenters. The number of ether oxygens (including phenoxy) is 4. The van der Waals surface area contributed by atoms with Gasteiger partial charge in [0.05, 0.1) is 49.1 Å². The van der Waals surface area contributed by atoms with Crippen LogP contribution in [-0.4, -0.2) is 72.5 Å². The summed E-state index contributed by atoms with van der Waals surface area (Å²) in [6.45, 7) is 10.2. The van der Waals surface area contributed by atoms with Gasteiger partial charge in [-0.05, 0) is 63.3 Å². The summed E-state index contributed by atoms with van der Waals surface area (Å²) in [7, 11) is 0. The predicted molar refractivity (Wildman–Crippen MR) is 176 cm³/mol. The minimum absolute atomic E-state index is 0.0269. The molecular weight excluding hydrogens is 602 g/mol. The van der Waals surface area contributed by atoms with Gasteiger partial charge in [-0.25, -0.2) is 0 Å². The Morgan fingerprint density at radius 3 is 2.47 bits per heavy atom. The van der Waals surface area contributed by atoms with E-state index in [1.165, 1.54) is 13.0 Å². The van der Waals surface area contributed by atoms with Crippen molar-refractivity contribution in [2.24, 2.45) is 11.7 Å². The zero-order valence-corrected chi connectivity index (χ0v) is 28.0. The maximum atomic E-state index is 12.7. The Kier molecular flexibility index (Phi) is 12.5. The van der Waals surface area contributed by atoms with E-state index in [1.54, 1.807) is 37.3 Å². The molecule has 0 aromatic heterocycles. The Labute approximate surface area is 277 Å². The SMILES string of the molecule is CC(=O)O[C@@H](C)/C=C\C(=O)N[C@@H]1C[C@H](C)[C@H](C/C=C(C)/C=C/[C@@H]2C[C@]3(CO3)C[C@@H](CC(=O)NCc3ccc(C(N)=O)cc3)O2)O[C@@H]1C. The van der Waals surface area contributed by atoms with Crippen molar-refractivity contribution in [2.45, 2.75) is 115 Å². The predicted octanol–water partition coefficient (Wildman–Crippen LogP) is 3.81. The van der Waals surface area contributed by atoms with Crippen LogP contribution in [0.15, 0.2) is 60.2 Å². The maximum absolute atomic E-state index is 12.7. The second kappa shape index (κ2) is 16.3. The molecular formula is C36H49N3O8.